The van der Waals surface area contributed by atoms with Crippen LogP contribution < -0.4 is 15.0 Å². The SMILES string of the molecule is CCN1CCN(c2ccc(NC(=O)c3ccccc3OC)nn2)CC1. The summed E-state index contributed by atoms with van der Waals surface area (Å²) in [4.78, 5) is 17.0. The quantitative estimate of drug-likeness (QED) is 0.895. The molecule has 7 heteroatoms. The Bertz CT molecular complexity index is 712. The van der Waals surface area contributed by atoms with Crippen molar-refractivity contribution in [2.24, 2.45) is 0 Å². The summed E-state index contributed by atoms with van der Waals surface area (Å²) in [7, 11) is 1.54. The lowest BCUT2D eigenvalue weighted by molar-refractivity contribution is 0.102. The number of carbonyl (C=O) groups is 1. The van der Waals surface area contributed by atoms with Gasteiger partial charge in [-0.25, -0.2) is 0 Å². The van der Waals surface area contributed by atoms with Crippen molar-refractivity contribution in [1.29, 1.82) is 0 Å². The van der Waals surface area contributed by atoms with Gasteiger partial charge in [-0.3, -0.25) is 4.79 Å². The fourth-order valence-corrected chi connectivity index (χ4v) is 2.87. The van der Waals surface area contributed by atoms with Crippen LogP contribution in [0, 0.1) is 0 Å². The average molecular weight is 341 g/mol. The third kappa shape index (κ3) is 4.06. The lowest BCUT2D eigenvalue weighted by Crippen LogP contribution is -2.46. The first-order valence-corrected chi connectivity index (χ1v) is 8.46. The molecule has 0 spiro atoms. The molecule has 1 aromatic carbocycles. The third-order valence-electron chi connectivity index (χ3n) is 4.39. The number of benzene rings is 1. The maximum atomic E-state index is 12.4. The number of likely N-dealkylation sites (N-methyl/N-ethyl adjacent to an activating group) is 1. The van der Waals surface area contributed by atoms with Crippen LogP contribution in [0.2, 0.25) is 0 Å². The van der Waals surface area contributed by atoms with Crippen molar-refractivity contribution >= 4 is 17.5 Å². The van der Waals surface area contributed by atoms with E-state index in [1.807, 2.05) is 12.1 Å². The molecule has 0 atom stereocenters. The van der Waals surface area contributed by atoms with Crippen LogP contribution in [-0.4, -0.2) is 60.8 Å². The number of anilines is 2. The number of para-hydroxylation sites is 1. The van der Waals surface area contributed by atoms with E-state index >= 15 is 0 Å². The first kappa shape index (κ1) is 17.2. The summed E-state index contributed by atoms with van der Waals surface area (Å²) in [5, 5.41) is 11.1. The topological polar surface area (TPSA) is 70.6 Å². The fraction of sp³-hybridized carbons (Fsp3) is 0.389. The molecule has 7 nitrogen and oxygen atoms in total. The van der Waals surface area contributed by atoms with E-state index in [4.69, 9.17) is 4.74 Å². The van der Waals surface area contributed by atoms with Crippen molar-refractivity contribution in [2.75, 3.05) is 50.1 Å². The van der Waals surface area contributed by atoms with Crippen LogP contribution in [0.1, 0.15) is 17.3 Å². The van der Waals surface area contributed by atoms with Crippen LogP contribution in [0.5, 0.6) is 5.75 Å². The zero-order valence-electron chi connectivity index (χ0n) is 14.6. The molecule has 0 radical (unpaired) electrons. The monoisotopic (exact) mass is 341 g/mol. The van der Waals surface area contributed by atoms with Gasteiger partial charge in [0.15, 0.2) is 11.6 Å². The van der Waals surface area contributed by atoms with Gasteiger partial charge in [-0.2, -0.15) is 0 Å². The highest BCUT2D eigenvalue weighted by molar-refractivity contribution is 6.05. The zero-order valence-corrected chi connectivity index (χ0v) is 14.6. The minimum absolute atomic E-state index is 0.268. The normalized spacial score (nSPS) is 15.0. The molecule has 3 rings (SSSR count). The molecular weight excluding hydrogens is 318 g/mol. The van der Waals surface area contributed by atoms with Crippen LogP contribution >= 0.6 is 0 Å². The molecule has 25 heavy (non-hydrogen) atoms. The highest BCUT2D eigenvalue weighted by Crippen LogP contribution is 2.19. The van der Waals surface area contributed by atoms with Crippen molar-refractivity contribution in [3.63, 3.8) is 0 Å². The molecule has 1 aliphatic rings. The second kappa shape index (κ2) is 7.94. The summed E-state index contributed by atoms with van der Waals surface area (Å²) in [5.74, 6) is 1.52. The largest absolute Gasteiger partial charge is 0.496 e. The van der Waals surface area contributed by atoms with Gasteiger partial charge in [-0.1, -0.05) is 19.1 Å². The molecule has 1 saturated heterocycles. The van der Waals surface area contributed by atoms with Crippen LogP contribution in [-0.2, 0) is 0 Å². The Morgan fingerprint density at radius 1 is 1.12 bits per heavy atom. The van der Waals surface area contributed by atoms with Gasteiger partial charge in [0.1, 0.15) is 5.75 Å². The molecule has 1 amide bonds. The number of aromatic nitrogens is 2. The number of nitrogens with one attached hydrogen (secondary N) is 1. The number of hydrogen-bond acceptors (Lipinski definition) is 6. The number of nitrogens with zero attached hydrogens (tertiary/aromatic N) is 4. The number of hydrogen-bond donors (Lipinski definition) is 1. The predicted molar refractivity (Wildman–Crippen MR) is 97.3 cm³/mol. The van der Waals surface area contributed by atoms with Crippen molar-refractivity contribution < 1.29 is 9.53 Å². The molecule has 1 aromatic heterocycles. The van der Waals surface area contributed by atoms with Gasteiger partial charge in [0.05, 0.1) is 12.7 Å². The minimum Gasteiger partial charge on any atom is -0.496 e. The van der Waals surface area contributed by atoms with E-state index in [0.29, 0.717) is 17.1 Å². The Hall–Kier alpha value is -2.67. The molecule has 0 unspecified atom stereocenters. The lowest BCUT2D eigenvalue weighted by Gasteiger charge is -2.34. The number of carbonyl (C=O) groups excluding carboxylic acids is 1. The smallest absolute Gasteiger partial charge is 0.260 e. The number of amides is 1. The zero-order chi connectivity index (χ0) is 17.6. The highest BCUT2D eigenvalue weighted by Gasteiger charge is 2.17. The van der Waals surface area contributed by atoms with E-state index in [1.54, 1.807) is 31.4 Å². The van der Waals surface area contributed by atoms with Gasteiger partial charge in [-0.05, 0) is 30.8 Å². The van der Waals surface area contributed by atoms with E-state index in [2.05, 4.69) is 32.2 Å². The maximum Gasteiger partial charge on any atom is 0.260 e. The molecule has 1 N–H and O–H groups in total. The summed E-state index contributed by atoms with van der Waals surface area (Å²) >= 11 is 0. The number of piperazine rings is 1. The molecule has 2 aromatic rings. The Kier molecular flexibility index (Phi) is 5.45. The van der Waals surface area contributed by atoms with Gasteiger partial charge < -0.3 is 19.9 Å². The Labute approximate surface area is 147 Å². The van der Waals surface area contributed by atoms with Crippen LogP contribution in [0.25, 0.3) is 0 Å². The molecule has 2 heterocycles. The molecule has 1 fully saturated rings. The lowest BCUT2D eigenvalue weighted by atomic mass is 10.2. The van der Waals surface area contributed by atoms with Crippen molar-refractivity contribution in [1.82, 2.24) is 15.1 Å². The predicted octanol–water partition coefficient (Wildman–Crippen LogP) is 1.88. The first-order valence-electron chi connectivity index (χ1n) is 8.46. The van der Waals surface area contributed by atoms with Crippen molar-refractivity contribution in [2.45, 2.75) is 6.92 Å². The Morgan fingerprint density at radius 3 is 2.52 bits per heavy atom. The summed E-state index contributed by atoms with van der Waals surface area (Å²) in [6.45, 7) is 7.20. The molecule has 0 saturated carbocycles. The van der Waals surface area contributed by atoms with E-state index in [0.717, 1.165) is 38.5 Å². The standard InChI is InChI=1S/C18H23N5O2/c1-3-22-10-12-23(13-11-22)17-9-8-16(20-21-17)19-18(24)14-6-4-5-7-15(14)25-2/h4-9H,3,10-13H2,1-2H3,(H,19,20,24). The number of rotatable bonds is 5. The van der Waals surface area contributed by atoms with Crippen LogP contribution in [0.3, 0.4) is 0 Å². The number of ether oxygens (including phenoxy) is 1. The summed E-state index contributed by atoms with van der Waals surface area (Å²) in [6.07, 6.45) is 0. The molecule has 1 aliphatic heterocycles. The Balaban J connectivity index is 1.64. The summed E-state index contributed by atoms with van der Waals surface area (Å²) in [6, 6.07) is 10.8. The fourth-order valence-electron chi connectivity index (χ4n) is 2.87. The molecular formula is C18H23N5O2. The molecule has 132 valence electrons. The van der Waals surface area contributed by atoms with E-state index in [9.17, 15) is 4.79 Å². The van der Waals surface area contributed by atoms with Crippen molar-refractivity contribution in [3.05, 3.63) is 42.0 Å². The van der Waals surface area contributed by atoms with Gasteiger partial charge >= 0.3 is 0 Å². The second-order valence-corrected chi connectivity index (χ2v) is 5.85. The first-order chi connectivity index (χ1) is 12.2. The third-order valence-corrected chi connectivity index (χ3v) is 4.39. The minimum atomic E-state index is -0.268. The number of methoxy groups -OCH3 is 1. The second-order valence-electron chi connectivity index (χ2n) is 5.85. The van der Waals surface area contributed by atoms with Crippen molar-refractivity contribution in [3.8, 4) is 5.75 Å². The summed E-state index contributed by atoms with van der Waals surface area (Å²) < 4.78 is 5.21. The van der Waals surface area contributed by atoms with Gasteiger partial charge in [0, 0.05) is 26.2 Å². The average Bonchev–Trinajstić information content (AvgIpc) is 2.68. The van der Waals surface area contributed by atoms with Crippen LogP contribution in [0.4, 0.5) is 11.6 Å². The van der Waals surface area contributed by atoms with Crippen LogP contribution in [0.15, 0.2) is 36.4 Å². The highest BCUT2D eigenvalue weighted by atomic mass is 16.5. The van der Waals surface area contributed by atoms with Gasteiger partial charge in [0.2, 0.25) is 0 Å². The summed E-state index contributed by atoms with van der Waals surface area (Å²) in [5.41, 5.74) is 0.464. The van der Waals surface area contributed by atoms with E-state index < -0.39 is 0 Å². The maximum absolute atomic E-state index is 12.4. The Morgan fingerprint density at radius 2 is 1.88 bits per heavy atom. The molecule has 0 bridgehead atoms. The van der Waals surface area contributed by atoms with E-state index in [1.165, 1.54) is 0 Å². The van der Waals surface area contributed by atoms with Gasteiger partial charge in [-0.15, -0.1) is 10.2 Å². The van der Waals surface area contributed by atoms with E-state index in [-0.39, 0.29) is 5.91 Å². The molecule has 0 aliphatic carbocycles. The van der Waals surface area contributed by atoms with Gasteiger partial charge in [0.25, 0.3) is 5.91 Å².